The molecule has 0 saturated carbocycles. The fraction of sp³-hybridized carbons (Fsp3) is 0.833. The molecule has 1 atom stereocenters. The zero-order valence-corrected chi connectivity index (χ0v) is 7.72. The van der Waals surface area contributed by atoms with E-state index in [4.69, 9.17) is 16.6 Å². The van der Waals surface area contributed by atoms with Crippen LogP contribution in [-0.4, -0.2) is 35.3 Å². The number of nitrogens with zero attached hydrogens (tertiary/aromatic N) is 2. The molecule has 0 aliphatic rings. The molecule has 0 unspecified atom stereocenters. The number of hydrogen-bond acceptors (Lipinski definition) is 4. The molecule has 0 aliphatic carbocycles. The van der Waals surface area contributed by atoms with Gasteiger partial charge in [0, 0.05) is 6.54 Å². The Labute approximate surface area is 81.1 Å². The summed E-state index contributed by atoms with van der Waals surface area (Å²) in [5.74, 6) is -0.00668. The monoisotopic (exact) mass is 205 g/mol. The Bertz CT molecular complexity index is 204. The van der Waals surface area contributed by atoms with Gasteiger partial charge in [0.2, 0.25) is 0 Å². The standard InChI is InChI=1S/C6H15N5O3/c7-6(8)9-3-1-2-5(4-12)10-11(13)14/h5,10,12H,1-4H2,(H4,7,8,9)/t5-/m0/s1. The molecule has 14 heavy (non-hydrogen) atoms. The molecule has 8 nitrogen and oxygen atoms in total. The molecular formula is C6H15N5O3. The molecule has 0 radical (unpaired) electrons. The van der Waals surface area contributed by atoms with Crippen LogP contribution in [0.2, 0.25) is 0 Å². The number of rotatable bonds is 7. The van der Waals surface area contributed by atoms with E-state index in [-0.39, 0.29) is 12.6 Å². The normalized spacial score (nSPS) is 11.8. The molecule has 8 heteroatoms. The van der Waals surface area contributed by atoms with E-state index >= 15 is 0 Å². The molecule has 82 valence electrons. The minimum absolute atomic E-state index is 0.00668. The lowest BCUT2D eigenvalue weighted by Gasteiger charge is -2.09. The van der Waals surface area contributed by atoms with Crippen molar-refractivity contribution in [3.63, 3.8) is 0 Å². The second-order valence-corrected chi connectivity index (χ2v) is 2.71. The van der Waals surface area contributed by atoms with E-state index in [2.05, 4.69) is 4.99 Å². The topological polar surface area (TPSA) is 140 Å². The molecule has 0 aromatic rings. The molecule has 0 spiro atoms. The van der Waals surface area contributed by atoms with E-state index in [0.29, 0.717) is 19.4 Å². The maximum absolute atomic E-state index is 10.0. The highest BCUT2D eigenvalue weighted by Gasteiger charge is 2.10. The van der Waals surface area contributed by atoms with Gasteiger partial charge in [0.05, 0.1) is 6.61 Å². The molecule has 0 saturated heterocycles. The fourth-order valence-electron chi connectivity index (χ4n) is 0.892. The Kier molecular flexibility index (Phi) is 6.12. The first-order valence-corrected chi connectivity index (χ1v) is 4.13. The first-order chi connectivity index (χ1) is 6.56. The maximum Gasteiger partial charge on any atom is 0.185 e. The average Bonchev–Trinajstić information content (AvgIpc) is 2.09. The molecule has 0 aromatic heterocycles. The first kappa shape index (κ1) is 12.4. The Morgan fingerprint density at radius 2 is 2.29 bits per heavy atom. The number of nitrogens with two attached hydrogens (primary N) is 2. The van der Waals surface area contributed by atoms with Gasteiger partial charge in [-0.2, -0.15) is 0 Å². The number of guanidine groups is 1. The fourth-order valence-corrected chi connectivity index (χ4v) is 0.892. The summed E-state index contributed by atoms with van der Waals surface area (Å²) in [7, 11) is 0. The lowest BCUT2D eigenvalue weighted by molar-refractivity contribution is -0.551. The van der Waals surface area contributed by atoms with Crippen LogP contribution in [0, 0.1) is 10.1 Å². The van der Waals surface area contributed by atoms with Gasteiger partial charge in [0.25, 0.3) is 0 Å². The molecule has 0 aliphatic heterocycles. The molecule has 0 aromatic carbocycles. The van der Waals surface area contributed by atoms with Crippen LogP contribution >= 0.6 is 0 Å². The molecule has 0 fully saturated rings. The van der Waals surface area contributed by atoms with E-state index in [9.17, 15) is 10.1 Å². The van der Waals surface area contributed by atoms with Crippen LogP contribution in [0.1, 0.15) is 12.8 Å². The van der Waals surface area contributed by atoms with Crippen molar-refractivity contribution in [2.75, 3.05) is 13.2 Å². The van der Waals surface area contributed by atoms with E-state index in [0.717, 1.165) is 0 Å². The third kappa shape index (κ3) is 7.10. The van der Waals surface area contributed by atoms with Gasteiger partial charge >= 0.3 is 0 Å². The third-order valence-corrected chi connectivity index (χ3v) is 1.51. The Hall–Kier alpha value is -1.57. The summed E-state index contributed by atoms with van der Waals surface area (Å²) >= 11 is 0. The molecule has 6 N–H and O–H groups in total. The van der Waals surface area contributed by atoms with E-state index in [1.54, 1.807) is 0 Å². The Morgan fingerprint density at radius 3 is 2.71 bits per heavy atom. The van der Waals surface area contributed by atoms with Crippen LogP contribution in [0.4, 0.5) is 0 Å². The van der Waals surface area contributed by atoms with Crippen LogP contribution < -0.4 is 16.9 Å². The van der Waals surface area contributed by atoms with Gasteiger partial charge in [-0.25, -0.2) is 10.1 Å². The largest absolute Gasteiger partial charge is 0.394 e. The van der Waals surface area contributed by atoms with E-state index in [1.165, 1.54) is 0 Å². The number of aliphatic imine (C=N–C) groups is 1. The quantitative estimate of drug-likeness (QED) is 0.127. The van der Waals surface area contributed by atoms with Crippen molar-refractivity contribution in [2.45, 2.75) is 18.9 Å². The SMILES string of the molecule is NC(N)=NCCC[C@@H](CO)N[N+](=O)[O-]. The van der Waals surface area contributed by atoms with E-state index in [1.807, 2.05) is 5.43 Å². The summed E-state index contributed by atoms with van der Waals surface area (Å²) in [4.78, 5) is 13.7. The molecule has 0 amide bonds. The zero-order valence-electron chi connectivity index (χ0n) is 7.72. The summed E-state index contributed by atoms with van der Waals surface area (Å²) in [6.07, 6.45) is 1.01. The predicted molar refractivity (Wildman–Crippen MR) is 50.9 cm³/mol. The van der Waals surface area contributed by atoms with Crippen molar-refractivity contribution < 1.29 is 10.1 Å². The zero-order chi connectivity index (χ0) is 11.0. The first-order valence-electron chi connectivity index (χ1n) is 4.13. The third-order valence-electron chi connectivity index (χ3n) is 1.51. The molecule has 0 bridgehead atoms. The number of nitrogens with one attached hydrogen (secondary N) is 1. The smallest absolute Gasteiger partial charge is 0.185 e. The van der Waals surface area contributed by atoms with E-state index < -0.39 is 11.1 Å². The highest BCUT2D eigenvalue weighted by molar-refractivity contribution is 5.75. The van der Waals surface area contributed by atoms with Crippen molar-refractivity contribution in [3.05, 3.63) is 10.1 Å². The summed E-state index contributed by atoms with van der Waals surface area (Å²) in [5.41, 5.74) is 12.1. The van der Waals surface area contributed by atoms with Crippen molar-refractivity contribution in [2.24, 2.45) is 16.5 Å². The van der Waals surface area contributed by atoms with Crippen LogP contribution in [0.3, 0.4) is 0 Å². The van der Waals surface area contributed by atoms with Crippen molar-refractivity contribution in [1.29, 1.82) is 0 Å². The van der Waals surface area contributed by atoms with Gasteiger partial charge in [-0.3, -0.25) is 4.99 Å². The van der Waals surface area contributed by atoms with Gasteiger partial charge in [0.15, 0.2) is 11.0 Å². The second kappa shape index (κ2) is 6.89. The number of aliphatic hydroxyl groups excluding tert-OH is 1. The van der Waals surface area contributed by atoms with Crippen molar-refractivity contribution in [1.82, 2.24) is 5.43 Å². The van der Waals surface area contributed by atoms with Gasteiger partial charge in [-0.15, -0.1) is 5.43 Å². The number of nitro groups is 1. The Balaban J connectivity index is 3.62. The van der Waals surface area contributed by atoms with Crippen LogP contribution in [0.5, 0.6) is 0 Å². The van der Waals surface area contributed by atoms with Gasteiger partial charge < -0.3 is 16.6 Å². The summed E-state index contributed by atoms with van der Waals surface area (Å²) in [5, 5.41) is 18.1. The van der Waals surface area contributed by atoms with Crippen molar-refractivity contribution >= 4 is 5.96 Å². The minimum atomic E-state index is -0.679. The second-order valence-electron chi connectivity index (χ2n) is 2.71. The highest BCUT2D eigenvalue weighted by Crippen LogP contribution is 1.96. The molecule has 0 heterocycles. The summed E-state index contributed by atoms with van der Waals surface area (Å²) in [6, 6.07) is -0.556. The van der Waals surface area contributed by atoms with Crippen molar-refractivity contribution in [3.8, 4) is 0 Å². The van der Waals surface area contributed by atoms with Gasteiger partial charge in [-0.1, -0.05) is 0 Å². The highest BCUT2D eigenvalue weighted by atomic mass is 16.7. The number of hydrazine groups is 1. The lowest BCUT2D eigenvalue weighted by Crippen LogP contribution is -2.37. The van der Waals surface area contributed by atoms with Crippen LogP contribution in [0.25, 0.3) is 0 Å². The lowest BCUT2D eigenvalue weighted by atomic mass is 10.2. The predicted octanol–water partition coefficient (Wildman–Crippen LogP) is -1.82. The van der Waals surface area contributed by atoms with Gasteiger partial charge in [0.1, 0.15) is 6.04 Å². The summed E-state index contributed by atoms with van der Waals surface area (Å²) in [6.45, 7) is 0.112. The number of hydrogen-bond donors (Lipinski definition) is 4. The van der Waals surface area contributed by atoms with Crippen LogP contribution in [-0.2, 0) is 0 Å². The van der Waals surface area contributed by atoms with Crippen LogP contribution in [0.15, 0.2) is 4.99 Å². The van der Waals surface area contributed by atoms with Gasteiger partial charge in [-0.05, 0) is 12.8 Å². The maximum atomic E-state index is 10.0. The average molecular weight is 205 g/mol. The summed E-state index contributed by atoms with van der Waals surface area (Å²) < 4.78 is 0. The molecule has 0 rings (SSSR count). The number of aliphatic hydroxyl groups is 1. The Morgan fingerprint density at radius 1 is 1.64 bits per heavy atom. The molecular weight excluding hydrogens is 190 g/mol. The minimum Gasteiger partial charge on any atom is -0.394 e.